The van der Waals surface area contributed by atoms with E-state index >= 15 is 0 Å². The molecule has 0 spiro atoms. The van der Waals surface area contributed by atoms with Gasteiger partial charge in [0.25, 0.3) is 5.56 Å². The van der Waals surface area contributed by atoms with Crippen LogP contribution < -0.4 is 5.56 Å². The number of halogens is 1. The largest absolute Gasteiger partial charge is 0.294 e. The van der Waals surface area contributed by atoms with Gasteiger partial charge in [-0.05, 0) is 18.2 Å². The van der Waals surface area contributed by atoms with Crippen LogP contribution >= 0.6 is 11.8 Å². The van der Waals surface area contributed by atoms with Gasteiger partial charge < -0.3 is 0 Å². The summed E-state index contributed by atoms with van der Waals surface area (Å²) in [5, 5.41) is 3.02. The summed E-state index contributed by atoms with van der Waals surface area (Å²) in [7, 11) is 0. The smallest absolute Gasteiger partial charge is 0.275 e. The molecule has 1 aliphatic heterocycles. The monoisotopic (exact) mass is 236 g/mol. The Morgan fingerprint density at radius 3 is 3.00 bits per heavy atom. The average Bonchev–Trinajstić information content (AvgIpc) is 2.82. The van der Waals surface area contributed by atoms with E-state index in [0.717, 1.165) is 22.8 Å². The Kier molecular flexibility index (Phi) is 2.14. The van der Waals surface area contributed by atoms with Crippen LogP contribution in [0.5, 0.6) is 0 Å². The molecule has 0 saturated carbocycles. The van der Waals surface area contributed by atoms with Gasteiger partial charge in [-0.15, -0.1) is 0 Å². The lowest BCUT2D eigenvalue weighted by Crippen LogP contribution is -2.16. The summed E-state index contributed by atoms with van der Waals surface area (Å²) in [6, 6.07) is 6.02. The van der Waals surface area contributed by atoms with Gasteiger partial charge in [0.1, 0.15) is 5.82 Å². The minimum Gasteiger partial charge on any atom is -0.294 e. The highest BCUT2D eigenvalue weighted by atomic mass is 32.2. The highest BCUT2D eigenvalue weighted by Gasteiger charge is 2.20. The third-order valence-electron chi connectivity index (χ3n) is 2.63. The van der Waals surface area contributed by atoms with E-state index in [0.29, 0.717) is 5.69 Å². The maximum Gasteiger partial charge on any atom is 0.275 e. The van der Waals surface area contributed by atoms with E-state index in [-0.39, 0.29) is 11.4 Å². The molecule has 0 unspecified atom stereocenters. The molecule has 3 rings (SSSR count). The maximum atomic E-state index is 13.1. The second-order valence-electron chi connectivity index (χ2n) is 3.68. The molecule has 0 saturated heterocycles. The Hall–Kier alpha value is -1.49. The van der Waals surface area contributed by atoms with Gasteiger partial charge in [-0.1, -0.05) is 6.07 Å². The minimum atomic E-state index is -0.339. The zero-order chi connectivity index (χ0) is 11.1. The molecule has 16 heavy (non-hydrogen) atoms. The summed E-state index contributed by atoms with van der Waals surface area (Å²) in [4.78, 5) is 12.0. The number of benzene rings is 1. The van der Waals surface area contributed by atoms with Gasteiger partial charge >= 0.3 is 0 Å². The molecule has 2 heterocycles. The fourth-order valence-electron chi connectivity index (χ4n) is 1.84. The van der Waals surface area contributed by atoms with Crippen molar-refractivity contribution in [3.63, 3.8) is 0 Å². The molecule has 1 aliphatic rings. The molecule has 0 fully saturated rings. The fourth-order valence-corrected chi connectivity index (χ4v) is 2.88. The van der Waals surface area contributed by atoms with Crippen molar-refractivity contribution in [1.29, 1.82) is 0 Å². The summed E-state index contributed by atoms with van der Waals surface area (Å²) in [6.07, 6.45) is 0. The molecule has 0 atom stereocenters. The van der Waals surface area contributed by atoms with Crippen LogP contribution in [-0.4, -0.2) is 9.78 Å². The zero-order valence-corrected chi connectivity index (χ0v) is 9.18. The van der Waals surface area contributed by atoms with Crippen molar-refractivity contribution in [1.82, 2.24) is 9.78 Å². The second kappa shape index (κ2) is 3.52. The lowest BCUT2D eigenvalue weighted by Gasteiger charge is -2.01. The number of rotatable bonds is 1. The van der Waals surface area contributed by atoms with Crippen LogP contribution in [0.1, 0.15) is 11.3 Å². The van der Waals surface area contributed by atoms with E-state index in [1.807, 2.05) is 0 Å². The number of hydrogen-bond acceptors (Lipinski definition) is 2. The maximum absolute atomic E-state index is 13.1. The normalized spacial score (nSPS) is 14.1. The first-order valence-corrected chi connectivity index (χ1v) is 6.07. The van der Waals surface area contributed by atoms with Crippen molar-refractivity contribution in [2.24, 2.45) is 0 Å². The predicted molar refractivity (Wildman–Crippen MR) is 61.3 cm³/mol. The zero-order valence-electron chi connectivity index (χ0n) is 8.37. The van der Waals surface area contributed by atoms with E-state index in [1.165, 1.54) is 16.8 Å². The lowest BCUT2D eigenvalue weighted by atomic mass is 10.3. The van der Waals surface area contributed by atoms with Crippen LogP contribution in [0.4, 0.5) is 4.39 Å². The predicted octanol–water partition coefficient (Wildman–Crippen LogP) is 2.05. The van der Waals surface area contributed by atoms with Gasteiger partial charge in [-0.3, -0.25) is 9.89 Å². The number of nitrogens with zero attached hydrogens (tertiary/aromatic N) is 1. The van der Waals surface area contributed by atoms with Gasteiger partial charge in [0, 0.05) is 11.5 Å². The molecule has 2 aromatic rings. The molecule has 0 amide bonds. The number of fused-ring (bicyclic) bond motifs is 1. The Morgan fingerprint density at radius 2 is 2.25 bits per heavy atom. The van der Waals surface area contributed by atoms with Crippen LogP contribution in [0.25, 0.3) is 5.69 Å². The highest BCUT2D eigenvalue weighted by Crippen LogP contribution is 2.26. The molecular weight excluding hydrogens is 227 g/mol. The van der Waals surface area contributed by atoms with Crippen molar-refractivity contribution < 1.29 is 4.39 Å². The fraction of sp³-hybridized carbons (Fsp3) is 0.182. The van der Waals surface area contributed by atoms with Crippen LogP contribution in [0.15, 0.2) is 29.1 Å². The molecule has 1 aromatic heterocycles. The lowest BCUT2D eigenvalue weighted by molar-refractivity contribution is 0.625. The van der Waals surface area contributed by atoms with E-state index in [4.69, 9.17) is 0 Å². The highest BCUT2D eigenvalue weighted by molar-refractivity contribution is 7.98. The Balaban J connectivity index is 2.18. The minimum absolute atomic E-state index is 0.0643. The van der Waals surface area contributed by atoms with Gasteiger partial charge in [-0.25, -0.2) is 9.07 Å². The molecule has 1 N–H and O–H groups in total. The van der Waals surface area contributed by atoms with Crippen LogP contribution in [0, 0.1) is 5.82 Å². The SMILES string of the molecule is O=c1c2c([nH]n1-c1cccc(F)c1)CSC2. The van der Waals surface area contributed by atoms with Crippen LogP contribution in [0.2, 0.25) is 0 Å². The molecule has 0 bridgehead atoms. The Labute approximate surface area is 95.3 Å². The molecular formula is C11H9FN2OS. The Morgan fingerprint density at radius 1 is 1.38 bits per heavy atom. The molecule has 0 aliphatic carbocycles. The van der Waals surface area contributed by atoms with Crippen molar-refractivity contribution >= 4 is 11.8 Å². The van der Waals surface area contributed by atoms with E-state index in [2.05, 4.69) is 5.10 Å². The van der Waals surface area contributed by atoms with Gasteiger partial charge in [0.2, 0.25) is 0 Å². The summed E-state index contributed by atoms with van der Waals surface area (Å²) in [5.74, 6) is 1.23. The van der Waals surface area contributed by atoms with Crippen molar-refractivity contribution in [3.05, 3.63) is 51.7 Å². The van der Waals surface area contributed by atoms with Crippen molar-refractivity contribution in [2.75, 3.05) is 0 Å². The topological polar surface area (TPSA) is 37.8 Å². The number of thioether (sulfide) groups is 1. The van der Waals surface area contributed by atoms with Crippen molar-refractivity contribution in [2.45, 2.75) is 11.5 Å². The standard InChI is InChI=1S/C11H9FN2OS/c12-7-2-1-3-8(4-7)14-11(15)9-5-16-6-10(9)13-14/h1-4,13H,5-6H2. The number of nitrogens with one attached hydrogen (secondary N) is 1. The second-order valence-corrected chi connectivity index (χ2v) is 4.67. The number of aromatic nitrogens is 2. The Bertz CT molecular complexity index is 602. The molecule has 0 radical (unpaired) electrons. The number of hydrogen-bond donors (Lipinski definition) is 1. The first kappa shape index (κ1) is 9.72. The first-order chi connectivity index (χ1) is 7.75. The number of H-pyrrole nitrogens is 1. The summed E-state index contributed by atoms with van der Waals surface area (Å²) in [5.41, 5.74) is 2.25. The van der Waals surface area contributed by atoms with Gasteiger partial charge in [-0.2, -0.15) is 11.8 Å². The summed E-state index contributed by atoms with van der Waals surface area (Å²) < 4.78 is 14.5. The van der Waals surface area contributed by atoms with Crippen LogP contribution in [-0.2, 0) is 11.5 Å². The van der Waals surface area contributed by atoms with Crippen LogP contribution in [0.3, 0.4) is 0 Å². The van der Waals surface area contributed by atoms with Crippen molar-refractivity contribution in [3.8, 4) is 5.69 Å². The van der Waals surface area contributed by atoms with Gasteiger partial charge in [0.05, 0.1) is 16.9 Å². The van der Waals surface area contributed by atoms with E-state index in [9.17, 15) is 9.18 Å². The molecule has 82 valence electrons. The average molecular weight is 236 g/mol. The number of aromatic amines is 1. The van der Waals surface area contributed by atoms with E-state index < -0.39 is 0 Å². The van der Waals surface area contributed by atoms with Gasteiger partial charge in [0.15, 0.2) is 0 Å². The third-order valence-corrected chi connectivity index (χ3v) is 3.62. The molecule has 1 aromatic carbocycles. The summed E-state index contributed by atoms with van der Waals surface area (Å²) >= 11 is 1.71. The quantitative estimate of drug-likeness (QED) is 0.823. The van der Waals surface area contributed by atoms with E-state index in [1.54, 1.807) is 23.9 Å². The first-order valence-electron chi connectivity index (χ1n) is 4.92. The third kappa shape index (κ3) is 1.39. The molecule has 5 heteroatoms. The summed E-state index contributed by atoms with van der Waals surface area (Å²) in [6.45, 7) is 0. The molecule has 3 nitrogen and oxygen atoms in total.